The van der Waals surface area contributed by atoms with Gasteiger partial charge in [-0.2, -0.15) is 0 Å². The number of hydrogen-bond acceptors (Lipinski definition) is 2. The van der Waals surface area contributed by atoms with Gasteiger partial charge < -0.3 is 15.4 Å². The quantitative estimate of drug-likeness (QED) is 0.828. The van der Waals surface area contributed by atoms with Gasteiger partial charge in [0, 0.05) is 11.3 Å². The molecule has 1 aliphatic carbocycles. The maximum Gasteiger partial charge on any atom is 0.171 e. The third kappa shape index (κ3) is 2.49. The molecule has 0 radical (unpaired) electrons. The van der Waals surface area contributed by atoms with Gasteiger partial charge in [-0.15, -0.1) is 0 Å². The van der Waals surface area contributed by atoms with Crippen LogP contribution in [-0.4, -0.2) is 12.2 Å². The van der Waals surface area contributed by atoms with E-state index in [0.717, 1.165) is 18.6 Å². The van der Waals surface area contributed by atoms with E-state index in [9.17, 15) is 0 Å². The molecule has 0 bridgehead atoms. The summed E-state index contributed by atoms with van der Waals surface area (Å²) in [6.45, 7) is 0. The Bertz CT molecular complexity index is 813. The number of hydrogen-bond donors (Lipinski definition) is 2. The van der Waals surface area contributed by atoms with Gasteiger partial charge in [-0.25, -0.2) is 0 Å². The van der Waals surface area contributed by atoms with Crippen LogP contribution in [0.1, 0.15) is 29.2 Å². The van der Waals surface area contributed by atoms with E-state index >= 15 is 0 Å². The van der Waals surface area contributed by atoms with Crippen LogP contribution in [0.3, 0.4) is 0 Å². The van der Waals surface area contributed by atoms with Gasteiger partial charge in [0.15, 0.2) is 5.11 Å². The number of thiocarbonyl (C=S) groups is 1. The fraction of sp³-hybridized carbons (Fsp3) is 0.211. The van der Waals surface area contributed by atoms with Crippen molar-refractivity contribution in [3.8, 4) is 5.75 Å². The van der Waals surface area contributed by atoms with Crippen molar-refractivity contribution in [3.05, 3.63) is 70.8 Å². The monoisotopic (exact) mass is 322 g/mol. The Morgan fingerprint density at radius 3 is 2.83 bits per heavy atom. The first kappa shape index (κ1) is 14.3. The molecule has 2 N–H and O–H groups in total. The second-order valence-electron chi connectivity index (χ2n) is 5.87. The van der Waals surface area contributed by atoms with Crippen LogP contribution in [0.25, 0.3) is 5.70 Å². The van der Waals surface area contributed by atoms with E-state index in [1.165, 1.54) is 28.0 Å². The van der Waals surface area contributed by atoms with Gasteiger partial charge in [-0.3, -0.25) is 0 Å². The fourth-order valence-corrected chi connectivity index (χ4v) is 3.68. The Labute approximate surface area is 141 Å². The molecular weight excluding hydrogens is 304 g/mol. The second kappa shape index (κ2) is 5.70. The van der Waals surface area contributed by atoms with E-state index in [-0.39, 0.29) is 6.04 Å². The Balaban J connectivity index is 1.83. The number of nitrogens with one attached hydrogen (secondary N) is 2. The lowest BCUT2D eigenvalue weighted by Gasteiger charge is -2.35. The molecule has 4 rings (SSSR count). The van der Waals surface area contributed by atoms with Crippen LogP contribution in [0.4, 0.5) is 0 Å². The highest BCUT2D eigenvalue weighted by Crippen LogP contribution is 2.39. The minimum Gasteiger partial charge on any atom is -0.497 e. The molecule has 116 valence electrons. The molecule has 3 nitrogen and oxygen atoms in total. The molecule has 2 aliphatic rings. The van der Waals surface area contributed by atoms with Gasteiger partial charge in [0.05, 0.1) is 13.2 Å². The van der Waals surface area contributed by atoms with Crippen molar-refractivity contribution >= 4 is 23.0 Å². The highest BCUT2D eigenvalue weighted by Gasteiger charge is 2.30. The van der Waals surface area contributed by atoms with E-state index < -0.39 is 0 Å². The predicted molar refractivity (Wildman–Crippen MR) is 96.3 cm³/mol. The average molecular weight is 322 g/mol. The normalized spacial score (nSPS) is 19.3. The number of fused-ring (bicyclic) bond motifs is 2. The van der Waals surface area contributed by atoms with Crippen LogP contribution in [0.15, 0.2) is 54.1 Å². The minimum atomic E-state index is 0.0993. The summed E-state index contributed by atoms with van der Waals surface area (Å²) in [6.07, 6.45) is 2.09. The van der Waals surface area contributed by atoms with Crippen molar-refractivity contribution in [1.82, 2.24) is 10.6 Å². The molecule has 0 unspecified atom stereocenters. The van der Waals surface area contributed by atoms with Crippen LogP contribution in [-0.2, 0) is 6.42 Å². The van der Waals surface area contributed by atoms with Crippen molar-refractivity contribution in [2.24, 2.45) is 0 Å². The molecule has 0 fully saturated rings. The minimum absolute atomic E-state index is 0.0993. The first-order valence-electron chi connectivity index (χ1n) is 7.79. The molecule has 2 aromatic carbocycles. The fourth-order valence-electron chi connectivity index (χ4n) is 3.46. The molecule has 1 atom stereocenters. The van der Waals surface area contributed by atoms with Crippen molar-refractivity contribution in [1.29, 1.82) is 0 Å². The van der Waals surface area contributed by atoms with Crippen LogP contribution in [0.5, 0.6) is 5.75 Å². The SMILES string of the molecule is COc1cccc([C@H]2NC(=S)NC3=C2CCc2ccccc23)c1. The van der Waals surface area contributed by atoms with Crippen LogP contribution >= 0.6 is 12.2 Å². The topological polar surface area (TPSA) is 33.3 Å². The van der Waals surface area contributed by atoms with Crippen LogP contribution in [0, 0.1) is 0 Å². The predicted octanol–water partition coefficient (Wildman–Crippen LogP) is 3.57. The largest absolute Gasteiger partial charge is 0.497 e. The van der Waals surface area contributed by atoms with Gasteiger partial charge in [0.2, 0.25) is 0 Å². The van der Waals surface area contributed by atoms with Gasteiger partial charge in [-0.05, 0) is 53.9 Å². The van der Waals surface area contributed by atoms with Gasteiger partial charge in [0.25, 0.3) is 0 Å². The molecule has 0 amide bonds. The average Bonchev–Trinajstić information content (AvgIpc) is 2.61. The standard InChI is InChI=1S/C19H18N2OS/c1-22-14-7-4-6-13(11-14)17-16-10-9-12-5-2-3-8-15(12)18(16)21-19(23)20-17/h2-8,11,17H,9-10H2,1H3,(H2,20,21,23)/t17-/m1/s1. The summed E-state index contributed by atoms with van der Waals surface area (Å²) in [7, 11) is 1.70. The molecular formula is C19H18N2OS. The third-order valence-corrected chi connectivity index (χ3v) is 4.78. The van der Waals surface area contributed by atoms with Crippen molar-refractivity contribution < 1.29 is 4.74 Å². The Morgan fingerprint density at radius 2 is 1.96 bits per heavy atom. The number of methoxy groups -OCH3 is 1. The number of aryl methyl sites for hydroxylation is 1. The molecule has 1 aliphatic heterocycles. The smallest absolute Gasteiger partial charge is 0.171 e. The summed E-state index contributed by atoms with van der Waals surface area (Å²) < 4.78 is 5.37. The molecule has 1 heterocycles. The number of benzene rings is 2. The lowest BCUT2D eigenvalue weighted by atomic mass is 9.83. The number of rotatable bonds is 2. The first-order chi connectivity index (χ1) is 11.3. The van der Waals surface area contributed by atoms with Gasteiger partial charge in [0.1, 0.15) is 5.75 Å². The van der Waals surface area contributed by atoms with Crippen molar-refractivity contribution in [3.63, 3.8) is 0 Å². The van der Waals surface area contributed by atoms with E-state index in [1.807, 2.05) is 12.1 Å². The lowest BCUT2D eigenvalue weighted by Crippen LogP contribution is -2.44. The van der Waals surface area contributed by atoms with Crippen molar-refractivity contribution in [2.45, 2.75) is 18.9 Å². The van der Waals surface area contributed by atoms with E-state index in [0.29, 0.717) is 5.11 Å². The summed E-state index contributed by atoms with van der Waals surface area (Å²) in [4.78, 5) is 0. The molecule has 4 heteroatoms. The zero-order valence-electron chi connectivity index (χ0n) is 12.9. The molecule has 23 heavy (non-hydrogen) atoms. The third-order valence-electron chi connectivity index (χ3n) is 4.56. The summed E-state index contributed by atoms with van der Waals surface area (Å²) in [5.74, 6) is 0.868. The second-order valence-corrected chi connectivity index (χ2v) is 6.27. The van der Waals surface area contributed by atoms with E-state index in [1.54, 1.807) is 7.11 Å². The molecule has 0 aromatic heterocycles. The van der Waals surface area contributed by atoms with Gasteiger partial charge in [-0.1, -0.05) is 36.4 Å². The summed E-state index contributed by atoms with van der Waals surface area (Å²) in [5, 5.41) is 7.47. The van der Waals surface area contributed by atoms with E-state index in [2.05, 4.69) is 47.0 Å². The van der Waals surface area contributed by atoms with Crippen LogP contribution in [0.2, 0.25) is 0 Å². The highest BCUT2D eigenvalue weighted by molar-refractivity contribution is 7.80. The maximum absolute atomic E-state index is 5.45. The molecule has 0 saturated heterocycles. The number of ether oxygens (including phenoxy) is 1. The van der Waals surface area contributed by atoms with Crippen molar-refractivity contribution in [2.75, 3.05) is 7.11 Å². The zero-order chi connectivity index (χ0) is 15.8. The summed E-state index contributed by atoms with van der Waals surface area (Å²) >= 11 is 5.45. The Kier molecular flexibility index (Phi) is 3.54. The highest BCUT2D eigenvalue weighted by atomic mass is 32.1. The zero-order valence-corrected chi connectivity index (χ0v) is 13.7. The first-order valence-corrected chi connectivity index (χ1v) is 8.20. The molecule has 0 saturated carbocycles. The maximum atomic E-state index is 5.45. The lowest BCUT2D eigenvalue weighted by molar-refractivity contribution is 0.414. The molecule has 0 spiro atoms. The summed E-state index contributed by atoms with van der Waals surface area (Å²) in [6, 6.07) is 16.9. The van der Waals surface area contributed by atoms with Gasteiger partial charge >= 0.3 is 0 Å². The van der Waals surface area contributed by atoms with E-state index in [4.69, 9.17) is 17.0 Å². The summed E-state index contributed by atoms with van der Waals surface area (Å²) in [5.41, 5.74) is 6.37. The Morgan fingerprint density at radius 1 is 1.09 bits per heavy atom. The molecule has 2 aromatic rings. The van der Waals surface area contributed by atoms with Crippen LogP contribution < -0.4 is 15.4 Å². The Hall–Kier alpha value is -2.33.